The Kier molecular flexibility index (Phi) is 4.29. The van der Waals surface area contributed by atoms with Crippen LogP contribution in [0.3, 0.4) is 0 Å². The van der Waals surface area contributed by atoms with Gasteiger partial charge in [-0.15, -0.1) is 11.3 Å². The highest BCUT2D eigenvalue weighted by atomic mass is 32.1. The van der Waals surface area contributed by atoms with E-state index in [1.807, 2.05) is 27.0 Å². The molecule has 2 nitrogen and oxygen atoms in total. The third-order valence-corrected chi connectivity index (χ3v) is 2.94. The molecule has 78 valence electrons. The Morgan fingerprint density at radius 1 is 1.57 bits per heavy atom. The van der Waals surface area contributed by atoms with Crippen LogP contribution in [0.25, 0.3) is 0 Å². The number of thiophene rings is 1. The van der Waals surface area contributed by atoms with Crippen molar-refractivity contribution in [3.63, 3.8) is 0 Å². The zero-order valence-corrected chi connectivity index (χ0v) is 9.80. The average Bonchev–Trinajstić information content (AvgIpc) is 2.56. The first kappa shape index (κ1) is 11.4. The lowest BCUT2D eigenvalue weighted by molar-refractivity contribution is -0.122. The van der Waals surface area contributed by atoms with Gasteiger partial charge in [0, 0.05) is 17.3 Å². The fourth-order valence-corrected chi connectivity index (χ4v) is 1.96. The van der Waals surface area contributed by atoms with Crippen LogP contribution in [0, 0.1) is 5.92 Å². The maximum Gasteiger partial charge on any atom is 0.149 e. The highest BCUT2D eigenvalue weighted by molar-refractivity contribution is 7.09. The van der Waals surface area contributed by atoms with Crippen molar-refractivity contribution in [2.45, 2.75) is 20.4 Å². The van der Waals surface area contributed by atoms with Gasteiger partial charge in [0.15, 0.2) is 0 Å². The molecule has 0 aliphatic heterocycles. The molecule has 0 bridgehead atoms. The minimum absolute atomic E-state index is 0.140. The Balaban J connectivity index is 2.36. The van der Waals surface area contributed by atoms with Crippen LogP contribution in [0.15, 0.2) is 17.5 Å². The van der Waals surface area contributed by atoms with Crippen molar-refractivity contribution in [1.82, 2.24) is 4.90 Å². The Labute approximate surface area is 89.5 Å². The smallest absolute Gasteiger partial charge is 0.149 e. The molecule has 0 amide bonds. The Morgan fingerprint density at radius 3 is 2.79 bits per heavy atom. The quantitative estimate of drug-likeness (QED) is 0.745. The van der Waals surface area contributed by atoms with E-state index in [2.05, 4.69) is 16.3 Å². The van der Waals surface area contributed by atoms with Gasteiger partial charge in [0.1, 0.15) is 5.78 Å². The van der Waals surface area contributed by atoms with Gasteiger partial charge in [-0.25, -0.2) is 0 Å². The fourth-order valence-electron chi connectivity index (χ4n) is 1.17. The highest BCUT2D eigenvalue weighted by Crippen LogP contribution is 2.10. The molecule has 1 heterocycles. The predicted molar refractivity (Wildman–Crippen MR) is 60.5 cm³/mol. The monoisotopic (exact) mass is 211 g/mol. The van der Waals surface area contributed by atoms with Gasteiger partial charge < -0.3 is 0 Å². The van der Waals surface area contributed by atoms with E-state index >= 15 is 0 Å². The summed E-state index contributed by atoms with van der Waals surface area (Å²) in [6, 6.07) is 4.14. The first-order valence-corrected chi connectivity index (χ1v) is 5.71. The van der Waals surface area contributed by atoms with E-state index in [4.69, 9.17) is 0 Å². The number of rotatable bonds is 5. The van der Waals surface area contributed by atoms with Crippen LogP contribution < -0.4 is 0 Å². The molecule has 0 saturated carbocycles. The molecule has 0 aliphatic carbocycles. The first-order valence-electron chi connectivity index (χ1n) is 4.83. The summed E-state index contributed by atoms with van der Waals surface area (Å²) in [5.74, 6) is 0.449. The summed E-state index contributed by atoms with van der Waals surface area (Å²) in [6.45, 7) is 5.31. The molecule has 0 atom stereocenters. The lowest BCUT2D eigenvalue weighted by Gasteiger charge is -2.15. The molecule has 1 rings (SSSR count). The lowest BCUT2D eigenvalue weighted by Crippen LogP contribution is -2.27. The highest BCUT2D eigenvalue weighted by Gasteiger charge is 2.10. The molecule has 14 heavy (non-hydrogen) atoms. The van der Waals surface area contributed by atoms with E-state index in [0.29, 0.717) is 12.3 Å². The van der Waals surface area contributed by atoms with Gasteiger partial charge in [0.2, 0.25) is 0 Å². The zero-order chi connectivity index (χ0) is 10.6. The van der Waals surface area contributed by atoms with Gasteiger partial charge in [-0.3, -0.25) is 9.69 Å². The molecule has 0 radical (unpaired) electrons. The molecule has 0 saturated heterocycles. The molecule has 1 aromatic rings. The number of hydrogen-bond acceptors (Lipinski definition) is 3. The van der Waals surface area contributed by atoms with Gasteiger partial charge >= 0.3 is 0 Å². The maximum absolute atomic E-state index is 11.4. The maximum atomic E-state index is 11.4. The average molecular weight is 211 g/mol. The molecule has 3 heteroatoms. The SMILES string of the molecule is CC(C)C(=O)CN(C)Cc1cccs1. The molecule has 0 N–H and O–H groups in total. The summed E-state index contributed by atoms with van der Waals surface area (Å²) in [7, 11) is 1.99. The van der Waals surface area contributed by atoms with Crippen LogP contribution in [0.2, 0.25) is 0 Å². The standard InChI is InChI=1S/C11H17NOS/c1-9(2)11(13)8-12(3)7-10-5-4-6-14-10/h4-6,9H,7-8H2,1-3H3. The molecular formula is C11H17NOS. The van der Waals surface area contributed by atoms with Crippen molar-refractivity contribution >= 4 is 17.1 Å². The van der Waals surface area contributed by atoms with Crippen molar-refractivity contribution in [3.8, 4) is 0 Å². The van der Waals surface area contributed by atoms with Crippen LogP contribution in [0.1, 0.15) is 18.7 Å². The third kappa shape index (κ3) is 3.60. The van der Waals surface area contributed by atoms with Gasteiger partial charge in [-0.1, -0.05) is 19.9 Å². The summed E-state index contributed by atoms with van der Waals surface area (Å²) in [5, 5.41) is 2.06. The summed E-state index contributed by atoms with van der Waals surface area (Å²) < 4.78 is 0. The molecule has 0 aliphatic rings. The molecular weight excluding hydrogens is 194 g/mol. The number of carbonyl (C=O) groups is 1. The second-order valence-electron chi connectivity index (χ2n) is 3.87. The van der Waals surface area contributed by atoms with Crippen LogP contribution >= 0.6 is 11.3 Å². The zero-order valence-electron chi connectivity index (χ0n) is 8.99. The normalized spacial score (nSPS) is 11.2. The Hall–Kier alpha value is -0.670. The Bertz CT molecular complexity index is 279. The number of ketones is 1. The number of nitrogens with zero attached hydrogens (tertiary/aromatic N) is 1. The molecule has 0 unspecified atom stereocenters. The van der Waals surface area contributed by atoms with E-state index in [-0.39, 0.29) is 5.92 Å². The van der Waals surface area contributed by atoms with Crippen LogP contribution in [-0.4, -0.2) is 24.3 Å². The number of carbonyl (C=O) groups excluding carboxylic acids is 1. The molecule has 0 aromatic carbocycles. The summed E-state index contributed by atoms with van der Waals surface area (Å²) in [6.07, 6.45) is 0. The van der Waals surface area contributed by atoms with Crippen molar-refractivity contribution < 1.29 is 4.79 Å². The lowest BCUT2D eigenvalue weighted by atomic mass is 10.1. The van der Waals surface area contributed by atoms with E-state index in [1.54, 1.807) is 11.3 Å². The van der Waals surface area contributed by atoms with E-state index in [9.17, 15) is 4.79 Å². The fraction of sp³-hybridized carbons (Fsp3) is 0.545. The van der Waals surface area contributed by atoms with Gasteiger partial charge in [-0.05, 0) is 18.5 Å². The summed E-state index contributed by atoms with van der Waals surface area (Å²) in [5.41, 5.74) is 0. The number of likely N-dealkylation sites (N-methyl/N-ethyl adjacent to an activating group) is 1. The summed E-state index contributed by atoms with van der Waals surface area (Å²) >= 11 is 1.73. The number of hydrogen-bond donors (Lipinski definition) is 0. The second-order valence-corrected chi connectivity index (χ2v) is 4.90. The van der Waals surface area contributed by atoms with E-state index in [0.717, 1.165) is 6.54 Å². The van der Waals surface area contributed by atoms with Gasteiger partial charge in [-0.2, -0.15) is 0 Å². The Morgan fingerprint density at radius 2 is 2.29 bits per heavy atom. The molecule has 0 spiro atoms. The summed E-state index contributed by atoms with van der Waals surface area (Å²) in [4.78, 5) is 14.8. The molecule has 1 aromatic heterocycles. The van der Waals surface area contributed by atoms with Crippen LogP contribution in [-0.2, 0) is 11.3 Å². The minimum Gasteiger partial charge on any atom is -0.298 e. The predicted octanol–water partition coefficient (Wildman–Crippen LogP) is 2.41. The van der Waals surface area contributed by atoms with Gasteiger partial charge in [0.25, 0.3) is 0 Å². The number of Topliss-reactive ketones (excluding diaryl/α,β-unsaturated/α-hetero) is 1. The topological polar surface area (TPSA) is 20.3 Å². The van der Waals surface area contributed by atoms with Crippen LogP contribution in [0.5, 0.6) is 0 Å². The van der Waals surface area contributed by atoms with Gasteiger partial charge in [0.05, 0.1) is 6.54 Å². The van der Waals surface area contributed by atoms with Crippen molar-refractivity contribution in [1.29, 1.82) is 0 Å². The van der Waals surface area contributed by atoms with E-state index < -0.39 is 0 Å². The second kappa shape index (κ2) is 5.27. The van der Waals surface area contributed by atoms with Crippen LogP contribution in [0.4, 0.5) is 0 Å². The third-order valence-electron chi connectivity index (χ3n) is 2.08. The first-order chi connectivity index (χ1) is 6.59. The molecule has 0 fully saturated rings. The minimum atomic E-state index is 0.140. The van der Waals surface area contributed by atoms with Crippen molar-refractivity contribution in [2.75, 3.05) is 13.6 Å². The van der Waals surface area contributed by atoms with E-state index in [1.165, 1.54) is 4.88 Å². The largest absolute Gasteiger partial charge is 0.298 e. The van der Waals surface area contributed by atoms with Crippen molar-refractivity contribution in [3.05, 3.63) is 22.4 Å². The van der Waals surface area contributed by atoms with Crippen molar-refractivity contribution in [2.24, 2.45) is 5.92 Å².